The Bertz CT molecular complexity index is 825. The fourth-order valence-electron chi connectivity index (χ4n) is 3.68. The zero-order valence-electron chi connectivity index (χ0n) is 16.2. The molecule has 3 atom stereocenters. The molecule has 2 aliphatic rings. The number of carbonyl (C=O) groups excluding carboxylic acids is 4. The van der Waals surface area contributed by atoms with Crippen molar-refractivity contribution in [3.05, 3.63) is 18.2 Å². The van der Waals surface area contributed by atoms with Crippen LogP contribution in [-0.4, -0.2) is 80.8 Å². The molecular weight excluding hydrogens is 396 g/mol. The number of H-pyrrole nitrogens is 1. The third-order valence-electron chi connectivity index (χ3n) is 5.16. The van der Waals surface area contributed by atoms with Crippen LogP contribution in [0.15, 0.2) is 12.5 Å². The van der Waals surface area contributed by atoms with Crippen molar-refractivity contribution in [2.75, 3.05) is 13.1 Å². The number of nitrogens with zero attached hydrogens (tertiary/aromatic N) is 2. The summed E-state index contributed by atoms with van der Waals surface area (Å²) in [4.78, 5) is 68.4. The maximum absolute atomic E-state index is 13.2. The summed E-state index contributed by atoms with van der Waals surface area (Å²) >= 11 is 0. The lowest BCUT2D eigenvalue weighted by atomic mass is 10.1. The number of hydrogen-bond donors (Lipinski definition) is 5. The molecule has 0 aliphatic carbocycles. The Balaban J connectivity index is 1.71. The summed E-state index contributed by atoms with van der Waals surface area (Å²) in [5.41, 5.74) is 0.621. The molecule has 0 saturated carbocycles. The summed E-state index contributed by atoms with van der Waals surface area (Å²) in [5.74, 6) is -2.86. The number of imidazole rings is 1. The highest BCUT2D eigenvalue weighted by atomic mass is 16.4. The molecule has 0 aromatic carbocycles. The molecule has 0 radical (unpaired) electrons. The van der Waals surface area contributed by atoms with Crippen molar-refractivity contribution >= 4 is 29.6 Å². The first-order valence-electron chi connectivity index (χ1n) is 9.72. The quantitative estimate of drug-likeness (QED) is 0.320. The van der Waals surface area contributed by atoms with Gasteiger partial charge in [-0.2, -0.15) is 0 Å². The summed E-state index contributed by atoms with van der Waals surface area (Å²) in [7, 11) is 0. The van der Waals surface area contributed by atoms with Crippen molar-refractivity contribution in [1.29, 1.82) is 0 Å². The normalized spacial score (nSPS) is 21.7. The van der Waals surface area contributed by atoms with E-state index in [0.29, 0.717) is 31.5 Å². The predicted octanol–water partition coefficient (Wildman–Crippen LogP) is -2.09. The van der Waals surface area contributed by atoms with Crippen LogP contribution in [0.1, 0.15) is 31.4 Å². The molecule has 30 heavy (non-hydrogen) atoms. The van der Waals surface area contributed by atoms with Crippen molar-refractivity contribution in [3.8, 4) is 0 Å². The Labute approximate surface area is 171 Å². The van der Waals surface area contributed by atoms with Gasteiger partial charge in [0.25, 0.3) is 0 Å². The van der Waals surface area contributed by atoms with Crippen LogP contribution < -0.4 is 16.0 Å². The number of carbonyl (C=O) groups is 5. The SMILES string of the molecule is O=C(O)CNC(=O)[C@@H]1CCCN1C(=O)C(Cc1cnc[nH]1)NC(=O)[C@@H]1CCC(=O)N1. The standard InChI is InChI=1S/C18H24N6O6/c25-14-4-3-11(22-14)16(28)23-12(6-10-7-19-9-21-10)18(30)24-5-1-2-13(24)17(29)20-8-15(26)27/h7,9,11-13H,1-6,8H2,(H,19,21)(H,20,29)(H,22,25)(H,23,28)(H,26,27)/t11-,12?,13-/m0/s1. The van der Waals surface area contributed by atoms with Gasteiger partial charge in [-0.25, -0.2) is 4.98 Å². The molecule has 2 fully saturated rings. The molecule has 1 aromatic rings. The second-order valence-electron chi connectivity index (χ2n) is 7.30. The summed E-state index contributed by atoms with van der Waals surface area (Å²) in [6, 6.07) is -2.48. The topological polar surface area (TPSA) is 174 Å². The summed E-state index contributed by atoms with van der Waals surface area (Å²) in [6.07, 6.45) is 4.69. The van der Waals surface area contributed by atoms with Gasteiger partial charge in [-0.3, -0.25) is 24.0 Å². The van der Waals surface area contributed by atoms with Crippen LogP contribution in [0.25, 0.3) is 0 Å². The lowest BCUT2D eigenvalue weighted by Gasteiger charge is -2.29. The van der Waals surface area contributed by atoms with Crippen LogP contribution in [0.2, 0.25) is 0 Å². The van der Waals surface area contributed by atoms with Gasteiger partial charge in [0.05, 0.1) is 6.33 Å². The van der Waals surface area contributed by atoms with E-state index in [1.54, 1.807) is 0 Å². The fraction of sp³-hybridized carbons (Fsp3) is 0.556. The van der Waals surface area contributed by atoms with Crippen molar-refractivity contribution in [2.24, 2.45) is 0 Å². The van der Waals surface area contributed by atoms with Gasteiger partial charge >= 0.3 is 5.97 Å². The number of carboxylic acid groups (broad SMARTS) is 1. The minimum Gasteiger partial charge on any atom is -0.480 e. The predicted molar refractivity (Wildman–Crippen MR) is 101 cm³/mol. The molecule has 2 aliphatic heterocycles. The van der Waals surface area contributed by atoms with Crippen LogP contribution in [0.5, 0.6) is 0 Å². The average Bonchev–Trinajstić information content (AvgIpc) is 3.46. The number of aliphatic carboxylic acids is 1. The summed E-state index contributed by atoms with van der Waals surface area (Å²) in [6.45, 7) is -0.216. The molecule has 3 heterocycles. The third kappa shape index (κ3) is 5.13. The van der Waals surface area contributed by atoms with E-state index in [1.807, 2.05) is 0 Å². The summed E-state index contributed by atoms with van der Waals surface area (Å²) in [5, 5.41) is 16.3. The second-order valence-corrected chi connectivity index (χ2v) is 7.30. The van der Waals surface area contributed by atoms with E-state index < -0.39 is 48.4 Å². The van der Waals surface area contributed by atoms with Gasteiger partial charge in [-0.1, -0.05) is 0 Å². The minimum absolute atomic E-state index is 0.130. The number of likely N-dealkylation sites (tertiary alicyclic amines) is 1. The van der Waals surface area contributed by atoms with Crippen LogP contribution in [-0.2, 0) is 30.4 Å². The Hall–Kier alpha value is -3.44. The van der Waals surface area contributed by atoms with Gasteiger partial charge in [0.15, 0.2) is 0 Å². The van der Waals surface area contributed by atoms with Gasteiger partial charge in [0.1, 0.15) is 24.7 Å². The maximum atomic E-state index is 13.2. The van der Waals surface area contributed by atoms with Gasteiger partial charge in [0.2, 0.25) is 23.6 Å². The number of aromatic nitrogens is 2. The lowest BCUT2D eigenvalue weighted by Crippen LogP contribution is -2.56. The van der Waals surface area contributed by atoms with Crippen LogP contribution in [0.3, 0.4) is 0 Å². The van der Waals surface area contributed by atoms with Gasteiger partial charge < -0.3 is 30.9 Å². The molecule has 12 heteroatoms. The Kier molecular flexibility index (Phi) is 6.65. The van der Waals surface area contributed by atoms with Crippen molar-refractivity contribution in [2.45, 2.75) is 50.2 Å². The van der Waals surface area contributed by atoms with E-state index >= 15 is 0 Å². The van der Waals surface area contributed by atoms with Crippen molar-refractivity contribution in [1.82, 2.24) is 30.8 Å². The zero-order chi connectivity index (χ0) is 21.7. The minimum atomic E-state index is -1.18. The lowest BCUT2D eigenvalue weighted by molar-refractivity contribution is -0.142. The molecule has 1 aromatic heterocycles. The van der Waals surface area contributed by atoms with E-state index in [2.05, 4.69) is 25.9 Å². The van der Waals surface area contributed by atoms with Gasteiger partial charge in [-0.15, -0.1) is 0 Å². The van der Waals surface area contributed by atoms with Crippen LogP contribution in [0, 0.1) is 0 Å². The number of aromatic amines is 1. The van der Waals surface area contributed by atoms with Crippen molar-refractivity contribution < 1.29 is 29.1 Å². The third-order valence-corrected chi connectivity index (χ3v) is 5.16. The number of hydrogen-bond acceptors (Lipinski definition) is 6. The average molecular weight is 420 g/mol. The van der Waals surface area contributed by atoms with E-state index in [1.165, 1.54) is 17.4 Å². The molecular formula is C18H24N6O6. The van der Waals surface area contributed by atoms with E-state index in [-0.39, 0.29) is 18.7 Å². The molecule has 162 valence electrons. The second kappa shape index (κ2) is 9.37. The summed E-state index contributed by atoms with van der Waals surface area (Å²) < 4.78 is 0. The highest BCUT2D eigenvalue weighted by Gasteiger charge is 2.39. The van der Waals surface area contributed by atoms with E-state index in [4.69, 9.17) is 5.11 Å². The molecule has 0 spiro atoms. The number of amides is 4. The highest BCUT2D eigenvalue weighted by Crippen LogP contribution is 2.20. The van der Waals surface area contributed by atoms with Crippen molar-refractivity contribution in [3.63, 3.8) is 0 Å². The van der Waals surface area contributed by atoms with Gasteiger partial charge in [-0.05, 0) is 19.3 Å². The molecule has 4 amide bonds. The zero-order valence-corrected chi connectivity index (χ0v) is 16.2. The first-order chi connectivity index (χ1) is 14.3. The Morgan fingerprint density at radius 1 is 1.27 bits per heavy atom. The molecule has 3 rings (SSSR count). The molecule has 2 saturated heterocycles. The Morgan fingerprint density at radius 3 is 2.70 bits per heavy atom. The van der Waals surface area contributed by atoms with Crippen LogP contribution >= 0.6 is 0 Å². The van der Waals surface area contributed by atoms with Gasteiger partial charge in [0, 0.05) is 31.3 Å². The van der Waals surface area contributed by atoms with E-state index in [9.17, 15) is 24.0 Å². The highest BCUT2D eigenvalue weighted by molar-refractivity contribution is 5.96. The number of carboxylic acids is 1. The van der Waals surface area contributed by atoms with Crippen LogP contribution in [0.4, 0.5) is 0 Å². The first-order valence-corrected chi connectivity index (χ1v) is 9.72. The monoisotopic (exact) mass is 420 g/mol. The first kappa shape index (κ1) is 21.3. The maximum Gasteiger partial charge on any atom is 0.322 e. The number of rotatable bonds is 8. The Morgan fingerprint density at radius 2 is 2.07 bits per heavy atom. The van der Waals surface area contributed by atoms with E-state index in [0.717, 1.165) is 0 Å². The molecule has 5 N–H and O–H groups in total. The molecule has 12 nitrogen and oxygen atoms in total. The fourth-order valence-corrected chi connectivity index (χ4v) is 3.68. The molecule has 0 bridgehead atoms. The number of nitrogens with one attached hydrogen (secondary N) is 4. The molecule has 1 unspecified atom stereocenters. The smallest absolute Gasteiger partial charge is 0.322 e. The largest absolute Gasteiger partial charge is 0.480 e.